The Morgan fingerprint density at radius 1 is 1.28 bits per heavy atom. The van der Waals surface area contributed by atoms with E-state index < -0.39 is 0 Å². The summed E-state index contributed by atoms with van der Waals surface area (Å²) in [6.45, 7) is 0.780. The summed E-state index contributed by atoms with van der Waals surface area (Å²) in [6, 6.07) is 12.4. The zero-order valence-corrected chi connectivity index (χ0v) is 10.8. The number of aliphatic hydroxyl groups excluding tert-OH is 1. The van der Waals surface area contributed by atoms with Gasteiger partial charge in [0.15, 0.2) is 0 Å². The largest absolute Gasteiger partial charge is 0.395 e. The first kappa shape index (κ1) is 12.8. The van der Waals surface area contributed by atoms with E-state index in [9.17, 15) is 0 Å². The van der Waals surface area contributed by atoms with E-state index in [4.69, 9.17) is 5.11 Å². The van der Waals surface area contributed by atoms with Gasteiger partial charge in [0.2, 0.25) is 0 Å². The number of aryl methyl sites for hydroxylation is 1. The minimum atomic E-state index is 0.117. The fourth-order valence-corrected chi connectivity index (χ4v) is 2.23. The minimum Gasteiger partial charge on any atom is -0.395 e. The lowest BCUT2D eigenvalue weighted by molar-refractivity contribution is 0.193. The predicted octanol–water partition coefficient (Wildman–Crippen LogP) is 1.43. The molecule has 18 heavy (non-hydrogen) atoms. The Labute approximate surface area is 107 Å². The van der Waals surface area contributed by atoms with Crippen LogP contribution in [0.5, 0.6) is 0 Å². The second-order valence-corrected chi connectivity index (χ2v) is 4.40. The quantitative estimate of drug-likeness (QED) is 0.866. The van der Waals surface area contributed by atoms with Crippen LogP contribution in [0.3, 0.4) is 0 Å². The molecule has 0 saturated heterocycles. The van der Waals surface area contributed by atoms with Crippen molar-refractivity contribution in [1.29, 1.82) is 0 Å². The van der Waals surface area contributed by atoms with E-state index in [-0.39, 0.29) is 12.6 Å². The van der Waals surface area contributed by atoms with Gasteiger partial charge in [-0.2, -0.15) is 5.10 Å². The number of benzene rings is 1. The Bertz CT molecular complexity index is 481. The molecule has 0 aliphatic heterocycles. The molecular formula is C14H19N3O. The van der Waals surface area contributed by atoms with Crippen LogP contribution >= 0.6 is 0 Å². The molecule has 0 bridgehead atoms. The Hall–Kier alpha value is -1.65. The van der Waals surface area contributed by atoms with Crippen molar-refractivity contribution in [2.75, 3.05) is 20.2 Å². The van der Waals surface area contributed by atoms with Crippen molar-refractivity contribution >= 4 is 0 Å². The van der Waals surface area contributed by atoms with Crippen LogP contribution in [-0.4, -0.2) is 40.0 Å². The van der Waals surface area contributed by atoms with E-state index in [1.54, 1.807) is 6.20 Å². The van der Waals surface area contributed by atoms with Crippen LogP contribution in [0, 0.1) is 0 Å². The van der Waals surface area contributed by atoms with Crippen molar-refractivity contribution in [1.82, 2.24) is 14.7 Å². The lowest BCUT2D eigenvalue weighted by Crippen LogP contribution is -2.29. The molecule has 1 aromatic carbocycles. The maximum atomic E-state index is 9.14. The molecule has 0 amide bonds. The molecule has 0 spiro atoms. The van der Waals surface area contributed by atoms with Crippen LogP contribution in [0.25, 0.3) is 0 Å². The highest BCUT2D eigenvalue weighted by molar-refractivity contribution is 5.27. The van der Waals surface area contributed by atoms with Crippen molar-refractivity contribution in [3.8, 4) is 0 Å². The summed E-state index contributed by atoms with van der Waals surface area (Å²) in [5.41, 5.74) is 2.33. The molecular weight excluding hydrogens is 226 g/mol. The van der Waals surface area contributed by atoms with Gasteiger partial charge >= 0.3 is 0 Å². The summed E-state index contributed by atoms with van der Waals surface area (Å²) >= 11 is 0. The molecule has 0 fully saturated rings. The maximum absolute atomic E-state index is 9.14. The van der Waals surface area contributed by atoms with Crippen molar-refractivity contribution in [2.24, 2.45) is 7.05 Å². The summed E-state index contributed by atoms with van der Waals surface area (Å²) in [5, 5.41) is 13.4. The monoisotopic (exact) mass is 245 g/mol. The highest BCUT2D eigenvalue weighted by Gasteiger charge is 2.21. The van der Waals surface area contributed by atoms with Gasteiger partial charge in [-0.3, -0.25) is 9.58 Å². The third-order valence-corrected chi connectivity index (χ3v) is 3.15. The molecule has 0 aliphatic carbocycles. The molecule has 0 aliphatic rings. The van der Waals surface area contributed by atoms with E-state index in [1.807, 2.05) is 43.0 Å². The number of hydrogen-bond acceptors (Lipinski definition) is 3. The molecule has 1 atom stereocenters. The first-order valence-electron chi connectivity index (χ1n) is 6.08. The minimum absolute atomic E-state index is 0.117. The third-order valence-electron chi connectivity index (χ3n) is 3.15. The van der Waals surface area contributed by atoms with Crippen molar-refractivity contribution < 1.29 is 5.11 Å². The molecule has 4 heteroatoms. The molecule has 1 aromatic heterocycles. The van der Waals surface area contributed by atoms with Crippen molar-refractivity contribution in [2.45, 2.75) is 6.04 Å². The fraction of sp³-hybridized carbons (Fsp3) is 0.357. The average molecular weight is 245 g/mol. The molecule has 1 N–H and O–H groups in total. The zero-order chi connectivity index (χ0) is 13.0. The standard InChI is InChI=1S/C14H19N3O/c1-16(10-11-18)14(12-6-4-3-5-7-12)13-8-9-15-17(13)2/h3-9,14,18H,10-11H2,1-2H3. The van der Waals surface area contributed by atoms with Gasteiger partial charge in [-0.15, -0.1) is 0 Å². The average Bonchev–Trinajstić information content (AvgIpc) is 2.78. The number of nitrogens with zero attached hydrogens (tertiary/aromatic N) is 3. The van der Waals surface area contributed by atoms with E-state index in [0.29, 0.717) is 6.54 Å². The number of rotatable bonds is 5. The summed E-state index contributed by atoms with van der Waals surface area (Å²) in [5.74, 6) is 0. The van der Waals surface area contributed by atoms with Gasteiger partial charge in [0.05, 0.1) is 18.3 Å². The Morgan fingerprint density at radius 2 is 2.00 bits per heavy atom. The molecule has 1 unspecified atom stereocenters. The first-order chi connectivity index (χ1) is 8.74. The molecule has 2 rings (SSSR count). The number of hydrogen-bond donors (Lipinski definition) is 1. The van der Waals surface area contributed by atoms with Crippen LogP contribution in [0.4, 0.5) is 0 Å². The summed E-state index contributed by atoms with van der Waals surface area (Å²) in [7, 11) is 3.96. The normalized spacial score (nSPS) is 12.9. The SMILES string of the molecule is CN(CCO)C(c1ccccc1)c1ccnn1C. The third kappa shape index (κ3) is 2.60. The summed E-state index contributed by atoms with van der Waals surface area (Å²) < 4.78 is 1.88. The molecule has 0 saturated carbocycles. The Morgan fingerprint density at radius 3 is 2.56 bits per heavy atom. The Kier molecular flexibility index (Phi) is 4.12. The van der Waals surface area contributed by atoms with Gasteiger partial charge in [0.1, 0.15) is 0 Å². The highest BCUT2D eigenvalue weighted by atomic mass is 16.3. The lowest BCUT2D eigenvalue weighted by Gasteiger charge is -2.28. The smallest absolute Gasteiger partial charge is 0.0771 e. The van der Waals surface area contributed by atoms with Crippen molar-refractivity contribution in [3.05, 3.63) is 53.9 Å². The van der Waals surface area contributed by atoms with Gasteiger partial charge in [-0.1, -0.05) is 30.3 Å². The van der Waals surface area contributed by atoms with Crippen LogP contribution in [0.1, 0.15) is 17.3 Å². The van der Waals surface area contributed by atoms with Gasteiger partial charge < -0.3 is 5.11 Å². The number of aromatic nitrogens is 2. The number of aliphatic hydroxyl groups is 1. The molecule has 4 nitrogen and oxygen atoms in total. The second kappa shape index (κ2) is 5.80. The van der Waals surface area contributed by atoms with Crippen LogP contribution in [0.15, 0.2) is 42.6 Å². The van der Waals surface area contributed by atoms with E-state index >= 15 is 0 Å². The maximum Gasteiger partial charge on any atom is 0.0771 e. The lowest BCUT2D eigenvalue weighted by atomic mass is 10.0. The van der Waals surface area contributed by atoms with Gasteiger partial charge in [-0.05, 0) is 18.7 Å². The zero-order valence-electron chi connectivity index (χ0n) is 10.8. The predicted molar refractivity (Wildman–Crippen MR) is 71.2 cm³/mol. The highest BCUT2D eigenvalue weighted by Crippen LogP contribution is 2.26. The summed E-state index contributed by atoms with van der Waals surface area (Å²) in [4.78, 5) is 2.13. The van der Waals surface area contributed by atoms with Gasteiger partial charge in [-0.25, -0.2) is 0 Å². The first-order valence-corrected chi connectivity index (χ1v) is 6.08. The van der Waals surface area contributed by atoms with Crippen LogP contribution in [0.2, 0.25) is 0 Å². The van der Waals surface area contributed by atoms with Crippen molar-refractivity contribution in [3.63, 3.8) is 0 Å². The van der Waals surface area contributed by atoms with Crippen LogP contribution < -0.4 is 0 Å². The second-order valence-electron chi connectivity index (χ2n) is 4.40. The fourth-order valence-electron chi connectivity index (χ4n) is 2.23. The molecule has 0 radical (unpaired) electrons. The molecule has 2 aromatic rings. The van der Waals surface area contributed by atoms with E-state index in [1.165, 1.54) is 5.56 Å². The van der Waals surface area contributed by atoms with Gasteiger partial charge in [0.25, 0.3) is 0 Å². The topological polar surface area (TPSA) is 41.3 Å². The summed E-state index contributed by atoms with van der Waals surface area (Å²) in [6.07, 6.45) is 1.80. The van der Waals surface area contributed by atoms with E-state index in [2.05, 4.69) is 22.1 Å². The molecule has 96 valence electrons. The number of likely N-dealkylation sites (N-methyl/N-ethyl adjacent to an activating group) is 1. The van der Waals surface area contributed by atoms with Gasteiger partial charge in [0, 0.05) is 19.8 Å². The van der Waals surface area contributed by atoms with E-state index in [0.717, 1.165) is 5.69 Å². The molecule has 1 heterocycles. The van der Waals surface area contributed by atoms with Crippen LogP contribution in [-0.2, 0) is 7.05 Å². The Balaban J connectivity index is 2.38.